The lowest BCUT2D eigenvalue weighted by Crippen LogP contribution is -2.51. The molecular weight excluding hydrogens is 306 g/mol. The van der Waals surface area contributed by atoms with Crippen LogP contribution in [0, 0.1) is 6.92 Å². The van der Waals surface area contributed by atoms with Gasteiger partial charge in [-0.25, -0.2) is 4.79 Å². The predicted octanol–water partition coefficient (Wildman–Crippen LogP) is 2.87. The summed E-state index contributed by atoms with van der Waals surface area (Å²) in [5, 5.41) is 9.28. The first-order chi connectivity index (χ1) is 9.95. The molecule has 1 aromatic carbocycles. The monoisotopic (exact) mass is 329 g/mol. The summed E-state index contributed by atoms with van der Waals surface area (Å²) in [6.45, 7) is 8.46. The first-order valence-electron chi connectivity index (χ1n) is 6.93. The molecule has 1 rings (SSSR count). The van der Waals surface area contributed by atoms with E-state index in [0.29, 0.717) is 0 Å². The molecule has 0 saturated heterocycles. The van der Waals surface area contributed by atoms with Crippen molar-refractivity contribution in [2.24, 2.45) is 0 Å². The Morgan fingerprint density at radius 1 is 1.27 bits per heavy atom. The van der Waals surface area contributed by atoms with Crippen molar-refractivity contribution in [1.82, 2.24) is 4.90 Å². The van der Waals surface area contributed by atoms with Gasteiger partial charge in [-0.1, -0.05) is 17.7 Å². The van der Waals surface area contributed by atoms with E-state index in [1.54, 1.807) is 39.8 Å². The molecule has 0 aliphatic carbocycles. The van der Waals surface area contributed by atoms with Crippen LogP contribution >= 0.6 is 0 Å². The van der Waals surface area contributed by atoms with Crippen LogP contribution in [0.15, 0.2) is 29.2 Å². The van der Waals surface area contributed by atoms with Crippen molar-refractivity contribution < 1.29 is 22.5 Å². The number of benzene rings is 1. The van der Waals surface area contributed by atoms with Crippen LogP contribution in [0.4, 0.5) is 4.79 Å². The summed E-state index contributed by atoms with van der Waals surface area (Å²) in [5.74, 6) is 0. The van der Waals surface area contributed by atoms with Crippen LogP contribution in [0.5, 0.6) is 0 Å². The van der Waals surface area contributed by atoms with E-state index in [1.165, 1.54) is 17.0 Å². The smallest absolute Gasteiger partial charge is 0.408 e. The van der Waals surface area contributed by atoms with Crippen LogP contribution < -0.4 is 0 Å². The van der Waals surface area contributed by atoms with Gasteiger partial charge in [-0.3, -0.25) is 9.08 Å². The van der Waals surface area contributed by atoms with E-state index in [9.17, 15) is 18.3 Å². The molecule has 22 heavy (non-hydrogen) atoms. The third-order valence-corrected chi connectivity index (χ3v) is 4.44. The van der Waals surface area contributed by atoms with Gasteiger partial charge < -0.3 is 5.11 Å². The molecule has 0 spiro atoms. The lowest BCUT2D eigenvalue weighted by molar-refractivity contribution is 0.0586. The second-order valence-corrected chi connectivity index (χ2v) is 7.84. The van der Waals surface area contributed by atoms with Gasteiger partial charge in [0.15, 0.2) is 0 Å². The maximum absolute atomic E-state index is 12.1. The third kappa shape index (κ3) is 4.71. The minimum atomic E-state index is -3.90. The zero-order chi connectivity index (χ0) is 17.1. The molecule has 0 heterocycles. The van der Waals surface area contributed by atoms with Crippen LogP contribution in [0.2, 0.25) is 0 Å². The van der Waals surface area contributed by atoms with Crippen molar-refractivity contribution in [3.8, 4) is 0 Å². The van der Waals surface area contributed by atoms with Crippen LogP contribution in [0.25, 0.3) is 0 Å². The Labute approximate surface area is 131 Å². The highest BCUT2D eigenvalue weighted by atomic mass is 32.2. The Morgan fingerprint density at radius 2 is 1.77 bits per heavy atom. The molecule has 0 aliphatic rings. The molecule has 0 bridgehead atoms. The molecule has 0 radical (unpaired) electrons. The summed E-state index contributed by atoms with van der Waals surface area (Å²) < 4.78 is 29.2. The lowest BCUT2D eigenvalue weighted by atomic mass is 10.0. The highest BCUT2D eigenvalue weighted by Crippen LogP contribution is 2.19. The van der Waals surface area contributed by atoms with E-state index in [-0.39, 0.29) is 11.5 Å². The molecule has 1 atom stereocenters. The first-order valence-corrected chi connectivity index (χ1v) is 8.34. The normalized spacial score (nSPS) is 13.7. The first kappa shape index (κ1) is 18.4. The van der Waals surface area contributed by atoms with Gasteiger partial charge in [0.25, 0.3) is 10.1 Å². The molecule has 1 unspecified atom stereocenters. The topological polar surface area (TPSA) is 83.9 Å². The number of rotatable bonds is 5. The quantitative estimate of drug-likeness (QED) is 0.840. The summed E-state index contributed by atoms with van der Waals surface area (Å²) in [4.78, 5) is 12.6. The Kier molecular flexibility index (Phi) is 5.59. The molecular formula is C15H23NO5S. The Balaban J connectivity index is 2.83. The molecule has 1 N–H and O–H groups in total. The molecule has 0 aliphatic heterocycles. The minimum Gasteiger partial charge on any atom is -0.465 e. The summed E-state index contributed by atoms with van der Waals surface area (Å²) in [7, 11) is -3.90. The molecule has 0 fully saturated rings. The lowest BCUT2D eigenvalue weighted by Gasteiger charge is -2.37. The number of nitrogens with zero attached hydrogens (tertiary/aromatic N) is 1. The van der Waals surface area contributed by atoms with E-state index in [4.69, 9.17) is 4.18 Å². The fourth-order valence-electron chi connectivity index (χ4n) is 2.17. The highest BCUT2D eigenvalue weighted by molar-refractivity contribution is 7.86. The number of amides is 1. The van der Waals surface area contributed by atoms with Gasteiger partial charge in [0.2, 0.25) is 0 Å². The van der Waals surface area contributed by atoms with Crippen LogP contribution in [-0.2, 0) is 14.3 Å². The van der Waals surface area contributed by atoms with Crippen molar-refractivity contribution in [2.75, 3.05) is 6.61 Å². The zero-order valence-electron chi connectivity index (χ0n) is 13.5. The summed E-state index contributed by atoms with van der Waals surface area (Å²) in [6.07, 6.45) is -1.11. The van der Waals surface area contributed by atoms with Gasteiger partial charge in [-0.05, 0) is 46.8 Å². The van der Waals surface area contributed by atoms with Crippen molar-refractivity contribution in [3.05, 3.63) is 29.8 Å². The van der Waals surface area contributed by atoms with Crippen molar-refractivity contribution in [3.63, 3.8) is 0 Å². The van der Waals surface area contributed by atoms with Gasteiger partial charge >= 0.3 is 6.09 Å². The Morgan fingerprint density at radius 3 is 2.18 bits per heavy atom. The van der Waals surface area contributed by atoms with E-state index in [2.05, 4.69) is 0 Å². The van der Waals surface area contributed by atoms with Crippen LogP contribution in [0.3, 0.4) is 0 Å². The number of aryl methyl sites for hydroxylation is 1. The predicted molar refractivity (Wildman–Crippen MR) is 83.4 cm³/mol. The number of hydrogen-bond donors (Lipinski definition) is 1. The Bertz CT molecular complexity index is 616. The number of carbonyl (C=O) groups is 1. The summed E-state index contributed by atoms with van der Waals surface area (Å²) >= 11 is 0. The second-order valence-electron chi connectivity index (χ2n) is 6.22. The highest BCUT2D eigenvalue weighted by Gasteiger charge is 2.32. The third-order valence-electron chi connectivity index (χ3n) is 3.14. The molecule has 0 saturated carbocycles. The van der Waals surface area contributed by atoms with E-state index >= 15 is 0 Å². The van der Waals surface area contributed by atoms with Gasteiger partial charge in [0, 0.05) is 5.54 Å². The molecule has 0 aromatic heterocycles. The molecule has 7 heteroatoms. The summed E-state index contributed by atoms with van der Waals surface area (Å²) in [6, 6.07) is 5.69. The largest absolute Gasteiger partial charge is 0.465 e. The van der Waals surface area contributed by atoms with E-state index in [0.717, 1.165) is 5.56 Å². The molecule has 1 amide bonds. The van der Waals surface area contributed by atoms with Crippen molar-refractivity contribution in [2.45, 2.75) is 51.1 Å². The average molecular weight is 329 g/mol. The minimum absolute atomic E-state index is 0.0583. The van der Waals surface area contributed by atoms with E-state index in [1.807, 2.05) is 6.92 Å². The molecule has 1 aromatic rings. The number of carboxylic acid groups (broad SMARTS) is 1. The van der Waals surface area contributed by atoms with Gasteiger partial charge in [-0.2, -0.15) is 8.42 Å². The zero-order valence-corrected chi connectivity index (χ0v) is 14.3. The fourth-order valence-corrected chi connectivity index (χ4v) is 3.15. The maximum Gasteiger partial charge on any atom is 0.408 e. The molecule has 6 nitrogen and oxygen atoms in total. The Hall–Kier alpha value is -1.60. The van der Waals surface area contributed by atoms with Gasteiger partial charge in [0.05, 0.1) is 17.5 Å². The fraction of sp³-hybridized carbons (Fsp3) is 0.533. The maximum atomic E-state index is 12.1. The van der Waals surface area contributed by atoms with Gasteiger partial charge in [-0.15, -0.1) is 0 Å². The van der Waals surface area contributed by atoms with Crippen LogP contribution in [-0.4, -0.2) is 42.7 Å². The van der Waals surface area contributed by atoms with Crippen LogP contribution in [0.1, 0.15) is 33.3 Å². The van der Waals surface area contributed by atoms with Gasteiger partial charge in [0.1, 0.15) is 0 Å². The summed E-state index contributed by atoms with van der Waals surface area (Å²) in [5.41, 5.74) is 0.291. The number of hydrogen-bond acceptors (Lipinski definition) is 4. The van der Waals surface area contributed by atoms with Crippen molar-refractivity contribution >= 4 is 16.2 Å². The standard InChI is InChI=1S/C15H23NO5S/c1-11-6-8-13(9-7-11)22(19,20)21-10-12(2)16(14(17)18)15(3,4)5/h6-9,12H,10H2,1-5H3,(H,17,18). The second kappa shape index (κ2) is 6.66. The van der Waals surface area contributed by atoms with Crippen molar-refractivity contribution in [1.29, 1.82) is 0 Å². The molecule has 124 valence electrons. The SMILES string of the molecule is Cc1ccc(S(=O)(=O)OCC(C)N(C(=O)O)C(C)(C)C)cc1. The van der Waals surface area contributed by atoms with E-state index < -0.39 is 27.8 Å². The average Bonchev–Trinajstić information content (AvgIpc) is 2.35.